The first-order chi connectivity index (χ1) is 10.7. The van der Waals surface area contributed by atoms with Crippen molar-refractivity contribution in [2.75, 3.05) is 47.0 Å². The number of nitrogens with zero attached hydrogens (tertiary/aromatic N) is 4. The fourth-order valence-corrected chi connectivity index (χ4v) is 3.08. The molecular formula is C15H22N4O3. The third-order valence-corrected chi connectivity index (χ3v) is 4.31. The van der Waals surface area contributed by atoms with Crippen molar-refractivity contribution in [3.63, 3.8) is 0 Å². The molecular weight excluding hydrogens is 284 g/mol. The van der Waals surface area contributed by atoms with Crippen LogP contribution in [-0.2, 0) is 9.47 Å². The second-order valence-corrected chi connectivity index (χ2v) is 6.07. The first-order valence-corrected chi connectivity index (χ1v) is 7.58. The zero-order valence-electron chi connectivity index (χ0n) is 13.0. The van der Waals surface area contributed by atoms with Crippen molar-refractivity contribution in [3.05, 3.63) is 24.0 Å². The number of hydrogen-bond donors (Lipinski definition) is 0. The minimum Gasteiger partial charge on any atom is -0.379 e. The summed E-state index contributed by atoms with van der Waals surface area (Å²) in [6.45, 7) is 3.40. The molecule has 0 radical (unpaired) electrons. The highest BCUT2D eigenvalue weighted by atomic mass is 16.5. The maximum atomic E-state index is 12.7. The van der Waals surface area contributed by atoms with Gasteiger partial charge in [0.15, 0.2) is 0 Å². The molecule has 2 fully saturated rings. The van der Waals surface area contributed by atoms with Gasteiger partial charge in [-0.25, -0.2) is 0 Å². The molecule has 22 heavy (non-hydrogen) atoms. The Morgan fingerprint density at radius 2 is 2.32 bits per heavy atom. The van der Waals surface area contributed by atoms with E-state index in [4.69, 9.17) is 9.47 Å². The molecule has 2 saturated heterocycles. The van der Waals surface area contributed by atoms with Crippen LogP contribution in [0.2, 0.25) is 0 Å². The predicted octanol–water partition coefficient (Wildman–Crippen LogP) is -0.106. The van der Waals surface area contributed by atoms with E-state index in [2.05, 4.69) is 15.1 Å². The Balaban J connectivity index is 1.67. The van der Waals surface area contributed by atoms with Crippen molar-refractivity contribution < 1.29 is 14.3 Å². The van der Waals surface area contributed by atoms with Crippen LogP contribution in [-0.4, -0.2) is 85.1 Å². The maximum Gasteiger partial charge on any atom is 0.255 e. The van der Waals surface area contributed by atoms with E-state index < -0.39 is 0 Å². The van der Waals surface area contributed by atoms with E-state index in [-0.39, 0.29) is 24.0 Å². The van der Waals surface area contributed by atoms with Gasteiger partial charge in [0.1, 0.15) is 0 Å². The molecule has 7 heteroatoms. The van der Waals surface area contributed by atoms with Crippen LogP contribution in [0.4, 0.5) is 0 Å². The Labute approximate surface area is 130 Å². The van der Waals surface area contributed by atoms with Gasteiger partial charge in [0.2, 0.25) is 0 Å². The molecule has 3 heterocycles. The van der Waals surface area contributed by atoms with Gasteiger partial charge >= 0.3 is 0 Å². The summed E-state index contributed by atoms with van der Waals surface area (Å²) in [5.41, 5.74) is 0.564. The normalized spacial score (nSPS) is 27.4. The monoisotopic (exact) mass is 306 g/mol. The summed E-state index contributed by atoms with van der Waals surface area (Å²) in [7, 11) is 4.04. The van der Waals surface area contributed by atoms with Gasteiger partial charge in [0.05, 0.1) is 49.9 Å². The Morgan fingerprint density at radius 3 is 3.05 bits per heavy atom. The molecule has 0 N–H and O–H groups in total. The SMILES string of the molecule is CN(C)CCO[C@@H]1CN(C(=O)c2ccnnc2)[C@H]2COC[C@@H]12. The van der Waals surface area contributed by atoms with Gasteiger partial charge < -0.3 is 19.3 Å². The zero-order valence-corrected chi connectivity index (χ0v) is 13.0. The minimum atomic E-state index is -0.0193. The van der Waals surface area contributed by atoms with Crippen molar-refractivity contribution >= 4 is 5.91 Å². The van der Waals surface area contributed by atoms with Crippen LogP contribution >= 0.6 is 0 Å². The Bertz CT molecular complexity index is 511. The van der Waals surface area contributed by atoms with Crippen molar-refractivity contribution in [1.29, 1.82) is 0 Å². The Morgan fingerprint density at radius 1 is 1.45 bits per heavy atom. The lowest BCUT2D eigenvalue weighted by Gasteiger charge is -2.22. The smallest absolute Gasteiger partial charge is 0.255 e. The number of rotatable bonds is 5. The lowest BCUT2D eigenvalue weighted by molar-refractivity contribution is 0.0136. The summed E-state index contributed by atoms with van der Waals surface area (Å²) in [5, 5.41) is 7.50. The molecule has 0 saturated carbocycles. The number of aromatic nitrogens is 2. The highest BCUT2D eigenvalue weighted by Crippen LogP contribution is 2.33. The number of amides is 1. The fraction of sp³-hybridized carbons (Fsp3) is 0.667. The van der Waals surface area contributed by atoms with Crippen LogP contribution in [0.25, 0.3) is 0 Å². The summed E-state index contributed by atoms with van der Waals surface area (Å²) in [5.74, 6) is 0.245. The Kier molecular flexibility index (Phi) is 4.66. The van der Waals surface area contributed by atoms with Crippen LogP contribution in [0.5, 0.6) is 0 Å². The van der Waals surface area contributed by atoms with E-state index in [0.717, 1.165) is 6.54 Å². The quantitative estimate of drug-likeness (QED) is 0.756. The second-order valence-electron chi connectivity index (χ2n) is 6.07. The molecule has 0 aromatic carbocycles. The first-order valence-electron chi connectivity index (χ1n) is 7.58. The largest absolute Gasteiger partial charge is 0.379 e. The molecule has 120 valence electrons. The summed E-state index contributed by atoms with van der Waals surface area (Å²) < 4.78 is 11.6. The molecule has 0 spiro atoms. The molecule has 3 atom stereocenters. The Hall–Kier alpha value is -1.57. The van der Waals surface area contributed by atoms with Crippen molar-refractivity contribution in [2.45, 2.75) is 12.1 Å². The van der Waals surface area contributed by atoms with E-state index in [1.54, 1.807) is 6.07 Å². The second kappa shape index (κ2) is 6.68. The van der Waals surface area contributed by atoms with Crippen LogP contribution in [0.1, 0.15) is 10.4 Å². The molecule has 0 bridgehead atoms. The van der Waals surface area contributed by atoms with Gasteiger partial charge in [-0.15, -0.1) is 0 Å². The molecule has 3 rings (SSSR count). The summed E-state index contributed by atoms with van der Waals surface area (Å²) in [6, 6.07) is 1.80. The zero-order chi connectivity index (χ0) is 15.5. The summed E-state index contributed by atoms with van der Waals surface area (Å²) in [6.07, 6.45) is 3.09. The van der Waals surface area contributed by atoms with Gasteiger partial charge in [-0.2, -0.15) is 10.2 Å². The molecule has 1 aromatic heterocycles. The number of likely N-dealkylation sites (N-methyl/N-ethyl adjacent to an activating group) is 1. The third kappa shape index (κ3) is 3.11. The third-order valence-electron chi connectivity index (χ3n) is 4.31. The van der Waals surface area contributed by atoms with E-state index in [0.29, 0.717) is 31.9 Å². The van der Waals surface area contributed by atoms with E-state index in [1.807, 2.05) is 19.0 Å². The van der Waals surface area contributed by atoms with Gasteiger partial charge in [-0.1, -0.05) is 0 Å². The highest BCUT2D eigenvalue weighted by Gasteiger charge is 2.48. The number of ether oxygens (including phenoxy) is 2. The lowest BCUT2D eigenvalue weighted by atomic mass is 10.0. The highest BCUT2D eigenvalue weighted by molar-refractivity contribution is 5.94. The van der Waals surface area contributed by atoms with Gasteiger partial charge in [0, 0.05) is 19.0 Å². The molecule has 0 aliphatic carbocycles. The van der Waals surface area contributed by atoms with Crippen molar-refractivity contribution in [1.82, 2.24) is 20.0 Å². The number of hydrogen-bond acceptors (Lipinski definition) is 6. The lowest BCUT2D eigenvalue weighted by Crippen LogP contribution is -2.38. The molecule has 1 amide bonds. The number of carbonyl (C=O) groups is 1. The molecule has 0 unspecified atom stereocenters. The summed E-state index contributed by atoms with van der Waals surface area (Å²) >= 11 is 0. The van der Waals surface area contributed by atoms with Gasteiger partial charge in [0.25, 0.3) is 5.91 Å². The van der Waals surface area contributed by atoms with Crippen LogP contribution < -0.4 is 0 Å². The standard InChI is InChI=1S/C15H22N4O3/c1-18(2)5-6-22-14-8-19(13-10-21-9-12(13)14)15(20)11-3-4-16-17-7-11/h3-4,7,12-14H,5-6,8-10H2,1-2H3/t12-,13+,14-/m1/s1. The average molecular weight is 306 g/mol. The molecule has 2 aliphatic rings. The molecule has 2 aliphatic heterocycles. The first kappa shape index (κ1) is 15.3. The molecule has 7 nitrogen and oxygen atoms in total. The number of fused-ring (bicyclic) bond motifs is 1. The van der Waals surface area contributed by atoms with E-state index in [1.165, 1.54) is 12.4 Å². The average Bonchev–Trinajstić information content (AvgIpc) is 3.10. The number of carbonyl (C=O) groups excluding carboxylic acids is 1. The topological polar surface area (TPSA) is 67.8 Å². The van der Waals surface area contributed by atoms with Gasteiger partial charge in [-0.3, -0.25) is 4.79 Å². The van der Waals surface area contributed by atoms with Crippen LogP contribution in [0.15, 0.2) is 18.5 Å². The predicted molar refractivity (Wildman–Crippen MR) is 79.5 cm³/mol. The minimum absolute atomic E-state index is 0.0193. The maximum absolute atomic E-state index is 12.7. The van der Waals surface area contributed by atoms with Crippen LogP contribution in [0, 0.1) is 5.92 Å². The molecule has 1 aromatic rings. The van der Waals surface area contributed by atoms with E-state index in [9.17, 15) is 4.79 Å². The fourth-order valence-electron chi connectivity index (χ4n) is 3.08. The van der Waals surface area contributed by atoms with Crippen molar-refractivity contribution in [2.24, 2.45) is 5.92 Å². The van der Waals surface area contributed by atoms with Crippen molar-refractivity contribution in [3.8, 4) is 0 Å². The number of likely N-dealkylation sites (tertiary alicyclic amines) is 1. The summed E-state index contributed by atoms with van der Waals surface area (Å²) in [4.78, 5) is 16.6. The van der Waals surface area contributed by atoms with E-state index >= 15 is 0 Å². The van der Waals surface area contributed by atoms with Crippen LogP contribution in [0.3, 0.4) is 0 Å². The van der Waals surface area contributed by atoms with Gasteiger partial charge in [-0.05, 0) is 20.2 Å².